The van der Waals surface area contributed by atoms with Gasteiger partial charge in [0.15, 0.2) is 0 Å². The first-order chi connectivity index (χ1) is 9.10. The number of rotatable bonds is 4. The molecule has 6 heteroatoms. The van der Waals surface area contributed by atoms with Crippen LogP contribution in [0.25, 0.3) is 0 Å². The third kappa shape index (κ3) is 3.65. The Labute approximate surface area is 125 Å². The first kappa shape index (κ1) is 14.2. The minimum absolute atomic E-state index is 0.254. The highest BCUT2D eigenvalue weighted by Gasteiger charge is 2.12. The zero-order chi connectivity index (χ0) is 13.8. The van der Waals surface area contributed by atoms with Crippen LogP contribution in [0.5, 0.6) is 5.88 Å². The van der Waals surface area contributed by atoms with Gasteiger partial charge < -0.3 is 10.5 Å². The van der Waals surface area contributed by atoms with E-state index in [-0.39, 0.29) is 6.04 Å². The molecule has 0 aliphatic rings. The molecule has 4 nitrogen and oxygen atoms in total. The quantitative estimate of drug-likeness (QED) is 0.927. The van der Waals surface area contributed by atoms with Gasteiger partial charge in [-0.1, -0.05) is 33.6 Å². The molecule has 0 aliphatic heterocycles. The molecule has 0 saturated carbocycles. The monoisotopic (exact) mass is 341 g/mol. The number of ether oxygens (including phenoxy) is 1. The van der Waals surface area contributed by atoms with Gasteiger partial charge in [0.1, 0.15) is 6.33 Å². The summed E-state index contributed by atoms with van der Waals surface area (Å²) >= 11 is 9.55. The Morgan fingerprint density at radius 3 is 2.84 bits per heavy atom. The van der Waals surface area contributed by atoms with E-state index in [2.05, 4.69) is 25.9 Å². The molecule has 0 fully saturated rings. The van der Waals surface area contributed by atoms with Crippen LogP contribution in [0.4, 0.5) is 0 Å². The van der Waals surface area contributed by atoms with Crippen molar-refractivity contribution in [3.63, 3.8) is 0 Å². The zero-order valence-electron chi connectivity index (χ0n) is 10.3. The fourth-order valence-electron chi connectivity index (χ4n) is 1.70. The fourth-order valence-corrected chi connectivity index (χ4v) is 2.45. The molecule has 1 atom stereocenters. The van der Waals surface area contributed by atoms with Crippen LogP contribution in [-0.2, 0) is 6.42 Å². The molecule has 0 saturated heterocycles. The summed E-state index contributed by atoms with van der Waals surface area (Å²) in [5.74, 6) is 0.502. The fraction of sp³-hybridized carbons (Fsp3) is 0.231. The van der Waals surface area contributed by atoms with E-state index in [4.69, 9.17) is 22.1 Å². The predicted octanol–water partition coefficient (Wildman–Crippen LogP) is 3.14. The minimum Gasteiger partial charge on any atom is -0.481 e. The Bertz CT molecular complexity index is 580. The van der Waals surface area contributed by atoms with Crippen LogP contribution in [0.2, 0.25) is 5.02 Å². The van der Waals surface area contributed by atoms with Crippen LogP contribution >= 0.6 is 27.5 Å². The van der Waals surface area contributed by atoms with Gasteiger partial charge in [-0.25, -0.2) is 9.97 Å². The zero-order valence-corrected chi connectivity index (χ0v) is 12.6. The molecule has 2 N–H and O–H groups in total. The van der Waals surface area contributed by atoms with Gasteiger partial charge in [-0.2, -0.15) is 0 Å². The van der Waals surface area contributed by atoms with E-state index in [1.807, 2.05) is 18.2 Å². The molecular formula is C13H13BrClN3O. The van der Waals surface area contributed by atoms with Crippen molar-refractivity contribution in [2.24, 2.45) is 5.73 Å². The van der Waals surface area contributed by atoms with Gasteiger partial charge in [-0.3, -0.25) is 0 Å². The summed E-state index contributed by atoms with van der Waals surface area (Å²) in [6.45, 7) is 0. The molecule has 0 radical (unpaired) electrons. The molecule has 1 unspecified atom stereocenters. The van der Waals surface area contributed by atoms with Gasteiger partial charge in [0.2, 0.25) is 5.88 Å². The van der Waals surface area contributed by atoms with Crippen LogP contribution in [0.15, 0.2) is 35.1 Å². The van der Waals surface area contributed by atoms with Crippen molar-refractivity contribution in [2.45, 2.75) is 12.5 Å². The summed E-state index contributed by atoms with van der Waals surface area (Å²) in [4.78, 5) is 8.12. The Balaban J connectivity index is 2.17. The molecule has 0 aliphatic carbocycles. The van der Waals surface area contributed by atoms with Crippen molar-refractivity contribution >= 4 is 27.5 Å². The lowest BCUT2D eigenvalue weighted by Crippen LogP contribution is -2.15. The maximum Gasteiger partial charge on any atom is 0.216 e. The molecule has 0 bridgehead atoms. The van der Waals surface area contributed by atoms with Crippen LogP contribution in [0.1, 0.15) is 17.3 Å². The Morgan fingerprint density at radius 2 is 2.16 bits per heavy atom. The normalized spacial score (nSPS) is 12.2. The molecule has 2 rings (SSSR count). The van der Waals surface area contributed by atoms with Gasteiger partial charge in [0.05, 0.1) is 18.8 Å². The number of hydrogen-bond donors (Lipinski definition) is 1. The van der Waals surface area contributed by atoms with Gasteiger partial charge in [-0.05, 0) is 24.1 Å². The highest BCUT2D eigenvalue weighted by Crippen LogP contribution is 2.25. The number of benzene rings is 1. The molecule has 0 amide bonds. The molecule has 19 heavy (non-hydrogen) atoms. The largest absolute Gasteiger partial charge is 0.481 e. The molecule has 100 valence electrons. The Hall–Kier alpha value is -1.17. The van der Waals surface area contributed by atoms with Gasteiger partial charge >= 0.3 is 0 Å². The van der Waals surface area contributed by atoms with Crippen molar-refractivity contribution in [1.82, 2.24) is 9.97 Å². The highest BCUT2D eigenvalue weighted by molar-refractivity contribution is 9.10. The van der Waals surface area contributed by atoms with E-state index in [0.29, 0.717) is 17.3 Å². The first-order valence-corrected chi connectivity index (χ1v) is 6.82. The molecule has 0 spiro atoms. The lowest BCUT2D eigenvalue weighted by atomic mass is 10.0. The SMILES string of the molecule is COc1cc(C(N)Cc2ccc(Br)cc2Cl)ncn1. The minimum atomic E-state index is -0.254. The number of methoxy groups -OCH3 is 1. The highest BCUT2D eigenvalue weighted by atomic mass is 79.9. The van der Waals surface area contributed by atoms with Crippen molar-refractivity contribution in [1.29, 1.82) is 0 Å². The van der Waals surface area contributed by atoms with Crippen LogP contribution in [0, 0.1) is 0 Å². The van der Waals surface area contributed by atoms with Gasteiger partial charge in [0, 0.05) is 15.6 Å². The van der Waals surface area contributed by atoms with Crippen LogP contribution in [-0.4, -0.2) is 17.1 Å². The molecule has 1 heterocycles. The number of nitrogens with two attached hydrogens (primary N) is 1. The van der Waals surface area contributed by atoms with E-state index < -0.39 is 0 Å². The summed E-state index contributed by atoms with van der Waals surface area (Å²) in [5.41, 5.74) is 7.85. The second-order valence-corrected chi connectivity index (χ2v) is 5.35. The Morgan fingerprint density at radius 1 is 1.37 bits per heavy atom. The van der Waals surface area contributed by atoms with Crippen molar-refractivity contribution in [3.05, 3.63) is 51.3 Å². The summed E-state index contributed by atoms with van der Waals surface area (Å²) in [7, 11) is 1.56. The molecule has 1 aromatic heterocycles. The average molecular weight is 343 g/mol. The summed E-state index contributed by atoms with van der Waals surface area (Å²) in [6.07, 6.45) is 2.05. The maximum atomic E-state index is 6.18. The third-order valence-electron chi connectivity index (χ3n) is 2.71. The standard InChI is InChI=1S/C13H13BrClN3O/c1-19-13-6-12(17-7-18-13)11(16)4-8-2-3-9(14)5-10(8)15/h2-3,5-7,11H,4,16H2,1H3. The maximum absolute atomic E-state index is 6.18. The van der Waals surface area contributed by atoms with Crippen LogP contribution < -0.4 is 10.5 Å². The number of nitrogens with zero attached hydrogens (tertiary/aromatic N) is 2. The van der Waals surface area contributed by atoms with E-state index in [1.165, 1.54) is 6.33 Å². The van der Waals surface area contributed by atoms with E-state index in [9.17, 15) is 0 Å². The van der Waals surface area contributed by atoms with E-state index in [1.54, 1.807) is 13.2 Å². The molecule has 1 aromatic carbocycles. The first-order valence-electron chi connectivity index (χ1n) is 5.65. The van der Waals surface area contributed by atoms with E-state index in [0.717, 1.165) is 15.7 Å². The topological polar surface area (TPSA) is 61.0 Å². The third-order valence-corrected chi connectivity index (χ3v) is 3.55. The van der Waals surface area contributed by atoms with Crippen molar-refractivity contribution in [3.8, 4) is 5.88 Å². The number of halogens is 2. The predicted molar refractivity (Wildman–Crippen MR) is 78.4 cm³/mol. The average Bonchev–Trinajstić information content (AvgIpc) is 2.42. The molecule has 2 aromatic rings. The summed E-state index contributed by atoms with van der Waals surface area (Å²) in [5, 5.41) is 0.686. The lowest BCUT2D eigenvalue weighted by Gasteiger charge is -2.13. The van der Waals surface area contributed by atoms with E-state index >= 15 is 0 Å². The second kappa shape index (κ2) is 6.32. The summed E-state index contributed by atoms with van der Waals surface area (Å²) in [6, 6.07) is 7.22. The van der Waals surface area contributed by atoms with Gasteiger partial charge in [0.25, 0.3) is 0 Å². The number of aromatic nitrogens is 2. The Kier molecular flexibility index (Phi) is 4.74. The van der Waals surface area contributed by atoms with Crippen molar-refractivity contribution in [2.75, 3.05) is 7.11 Å². The lowest BCUT2D eigenvalue weighted by molar-refractivity contribution is 0.395. The number of hydrogen-bond acceptors (Lipinski definition) is 4. The second-order valence-electron chi connectivity index (χ2n) is 4.03. The summed E-state index contributed by atoms with van der Waals surface area (Å²) < 4.78 is 6.00. The van der Waals surface area contributed by atoms with Gasteiger partial charge in [-0.15, -0.1) is 0 Å². The smallest absolute Gasteiger partial charge is 0.216 e. The molecular weight excluding hydrogens is 330 g/mol. The van der Waals surface area contributed by atoms with Crippen LogP contribution in [0.3, 0.4) is 0 Å². The van der Waals surface area contributed by atoms with Crippen molar-refractivity contribution < 1.29 is 4.74 Å².